The van der Waals surface area contributed by atoms with Crippen LogP contribution in [0.5, 0.6) is 0 Å². The molecule has 0 radical (unpaired) electrons. The lowest BCUT2D eigenvalue weighted by Gasteiger charge is -2.28. The molecule has 1 unspecified atom stereocenters. The van der Waals surface area contributed by atoms with Gasteiger partial charge in [0.15, 0.2) is 5.78 Å². The van der Waals surface area contributed by atoms with Gasteiger partial charge in [0, 0.05) is 61.4 Å². The summed E-state index contributed by atoms with van der Waals surface area (Å²) in [6.45, 7) is 10.5. The average Bonchev–Trinajstić information content (AvgIpc) is 3.28. The number of fused-ring (bicyclic) bond motifs is 1. The van der Waals surface area contributed by atoms with E-state index in [-0.39, 0.29) is 35.7 Å². The van der Waals surface area contributed by atoms with Crippen molar-refractivity contribution in [3.05, 3.63) is 89.0 Å². The minimum Gasteiger partial charge on any atom is -0.444 e. The second kappa shape index (κ2) is 11.1. The summed E-state index contributed by atoms with van der Waals surface area (Å²) in [4.78, 5) is 48.2. The van der Waals surface area contributed by atoms with Crippen molar-refractivity contribution in [1.82, 2.24) is 20.1 Å². The van der Waals surface area contributed by atoms with Gasteiger partial charge < -0.3 is 15.0 Å². The average molecular weight is 568 g/mol. The molecule has 0 spiro atoms. The lowest BCUT2D eigenvalue weighted by atomic mass is 9.87. The van der Waals surface area contributed by atoms with E-state index in [9.17, 15) is 14.4 Å². The summed E-state index contributed by atoms with van der Waals surface area (Å²) in [6.07, 6.45) is 7.49. The molecule has 9 nitrogen and oxygen atoms in total. The number of carbonyl (C=O) groups excluding carboxylic acids is 3. The Morgan fingerprint density at radius 1 is 1.12 bits per heavy atom. The van der Waals surface area contributed by atoms with Crippen LogP contribution in [0.15, 0.2) is 72.3 Å². The SMILES string of the molecule is CC(C)=CCC1(Cc2ccncc2)N/C(=C\C(=O)c2ccc(C#N)cc2)N([C@H]2[C@@H]3CN(C(=O)OC(C)(C)C)C[C@@H]32)C1=O. The van der Waals surface area contributed by atoms with Crippen molar-refractivity contribution >= 4 is 17.8 Å². The molecule has 42 heavy (non-hydrogen) atoms. The molecular weight excluding hydrogens is 530 g/mol. The van der Waals surface area contributed by atoms with Gasteiger partial charge in [-0.15, -0.1) is 0 Å². The van der Waals surface area contributed by atoms with Gasteiger partial charge in [0.2, 0.25) is 0 Å². The number of hydrogen-bond donors (Lipinski definition) is 1. The van der Waals surface area contributed by atoms with Crippen molar-refractivity contribution in [2.24, 2.45) is 11.8 Å². The van der Waals surface area contributed by atoms with Crippen LogP contribution in [0.1, 0.15) is 62.5 Å². The first-order valence-corrected chi connectivity index (χ1v) is 14.3. The molecule has 1 N–H and O–H groups in total. The number of nitriles is 1. The van der Waals surface area contributed by atoms with Crippen molar-refractivity contribution in [2.45, 2.75) is 64.6 Å². The summed E-state index contributed by atoms with van der Waals surface area (Å²) in [6, 6.07) is 12.2. The van der Waals surface area contributed by atoms with E-state index in [0.29, 0.717) is 42.9 Å². The van der Waals surface area contributed by atoms with Crippen LogP contribution >= 0.6 is 0 Å². The topological polar surface area (TPSA) is 116 Å². The fraction of sp³-hybridized carbons (Fsp3) is 0.424. The monoisotopic (exact) mass is 567 g/mol. The van der Waals surface area contributed by atoms with Crippen molar-refractivity contribution in [3.63, 3.8) is 0 Å². The molecule has 4 atom stereocenters. The van der Waals surface area contributed by atoms with Crippen LogP contribution in [-0.4, -0.2) is 62.8 Å². The molecule has 2 aromatic rings. The minimum atomic E-state index is -0.989. The van der Waals surface area contributed by atoms with Gasteiger partial charge in [-0.05, 0) is 83.0 Å². The Hall–Kier alpha value is -4.45. The number of nitrogens with zero attached hydrogens (tertiary/aromatic N) is 4. The van der Waals surface area contributed by atoms with E-state index in [4.69, 9.17) is 10.00 Å². The van der Waals surface area contributed by atoms with Gasteiger partial charge >= 0.3 is 6.09 Å². The molecule has 2 amide bonds. The number of rotatable bonds is 7. The highest BCUT2D eigenvalue weighted by molar-refractivity contribution is 6.06. The van der Waals surface area contributed by atoms with Gasteiger partial charge in [0.1, 0.15) is 17.0 Å². The number of likely N-dealkylation sites (tertiary alicyclic amines) is 1. The van der Waals surface area contributed by atoms with Crippen LogP contribution in [-0.2, 0) is 16.0 Å². The van der Waals surface area contributed by atoms with E-state index in [1.54, 1.807) is 46.5 Å². The summed E-state index contributed by atoms with van der Waals surface area (Å²) >= 11 is 0. The second-order valence-corrected chi connectivity index (χ2v) is 12.7. The van der Waals surface area contributed by atoms with Gasteiger partial charge in [-0.3, -0.25) is 19.5 Å². The molecule has 2 aliphatic heterocycles. The van der Waals surface area contributed by atoms with Crippen molar-refractivity contribution in [2.75, 3.05) is 13.1 Å². The van der Waals surface area contributed by atoms with Gasteiger partial charge in [-0.2, -0.15) is 5.26 Å². The Labute approximate surface area is 246 Å². The molecule has 2 saturated heterocycles. The number of allylic oxidation sites excluding steroid dienone is 2. The summed E-state index contributed by atoms with van der Waals surface area (Å²) in [5, 5.41) is 12.6. The molecule has 1 saturated carbocycles. The highest BCUT2D eigenvalue weighted by atomic mass is 16.6. The van der Waals surface area contributed by atoms with Gasteiger partial charge in [-0.25, -0.2) is 4.79 Å². The predicted molar refractivity (Wildman–Crippen MR) is 157 cm³/mol. The highest BCUT2D eigenvalue weighted by Gasteiger charge is 2.65. The van der Waals surface area contributed by atoms with Crippen molar-refractivity contribution < 1.29 is 19.1 Å². The summed E-state index contributed by atoms with van der Waals surface area (Å²) < 4.78 is 5.57. The number of aromatic nitrogens is 1. The lowest BCUT2D eigenvalue weighted by Crippen LogP contribution is -2.49. The zero-order chi connectivity index (χ0) is 30.2. The molecule has 5 rings (SSSR count). The smallest absolute Gasteiger partial charge is 0.410 e. The van der Waals surface area contributed by atoms with Crippen LogP contribution < -0.4 is 5.32 Å². The first-order chi connectivity index (χ1) is 19.9. The first kappa shape index (κ1) is 29.1. The lowest BCUT2D eigenvalue weighted by molar-refractivity contribution is -0.132. The zero-order valence-electron chi connectivity index (χ0n) is 24.8. The van der Waals surface area contributed by atoms with E-state index in [1.807, 2.05) is 52.8 Å². The number of piperidine rings is 1. The van der Waals surface area contributed by atoms with Crippen LogP contribution in [0.2, 0.25) is 0 Å². The summed E-state index contributed by atoms with van der Waals surface area (Å²) in [5.41, 5.74) is 1.37. The summed E-state index contributed by atoms with van der Waals surface area (Å²) in [7, 11) is 0. The zero-order valence-corrected chi connectivity index (χ0v) is 24.8. The molecule has 218 valence electrons. The number of hydrogen-bond acceptors (Lipinski definition) is 7. The normalized spacial score (nSPS) is 25.5. The van der Waals surface area contributed by atoms with Crippen molar-refractivity contribution in [1.29, 1.82) is 5.26 Å². The van der Waals surface area contributed by atoms with Crippen molar-refractivity contribution in [3.8, 4) is 6.07 Å². The third-order valence-corrected chi connectivity index (χ3v) is 8.03. The third kappa shape index (κ3) is 5.94. The standard InChI is InChI=1S/C33H37N5O4/c1-21(2)10-13-33(17-22-11-14-35-15-12-22)30(40)38(28(36-33)16-27(39)24-8-6-23(18-34)7-9-24)29-25-19-37(20-26(25)29)31(41)42-32(3,4)5/h6-12,14-16,25-26,29,36H,13,17,19-20H2,1-5H3/b28-16+/t25-,26+,29+,33?. The van der Waals surface area contributed by atoms with Gasteiger partial charge in [-0.1, -0.05) is 11.6 Å². The molecular formula is C33H37N5O4. The molecule has 0 bridgehead atoms. The van der Waals surface area contributed by atoms with Crippen LogP contribution in [0.3, 0.4) is 0 Å². The second-order valence-electron chi connectivity index (χ2n) is 12.7. The molecule has 1 aromatic carbocycles. The Kier molecular flexibility index (Phi) is 7.67. The first-order valence-electron chi connectivity index (χ1n) is 14.3. The largest absolute Gasteiger partial charge is 0.444 e. The number of pyridine rings is 1. The number of carbonyl (C=O) groups is 3. The third-order valence-electron chi connectivity index (χ3n) is 8.03. The Bertz CT molecular complexity index is 1470. The van der Waals surface area contributed by atoms with Gasteiger partial charge in [0.25, 0.3) is 5.91 Å². The predicted octanol–water partition coefficient (Wildman–Crippen LogP) is 4.61. The molecule has 9 heteroatoms. The molecule has 3 fully saturated rings. The van der Waals surface area contributed by atoms with Crippen LogP contribution in [0.25, 0.3) is 0 Å². The number of benzene rings is 1. The fourth-order valence-electron chi connectivity index (χ4n) is 5.93. The summed E-state index contributed by atoms with van der Waals surface area (Å²) in [5.74, 6) is 0.310. The Morgan fingerprint density at radius 2 is 1.76 bits per heavy atom. The fourth-order valence-corrected chi connectivity index (χ4v) is 5.93. The molecule has 3 heterocycles. The quantitative estimate of drug-likeness (QED) is 0.295. The maximum atomic E-state index is 14.5. The van der Waals surface area contributed by atoms with E-state index >= 15 is 0 Å². The Balaban J connectivity index is 1.47. The van der Waals surface area contributed by atoms with E-state index < -0.39 is 11.1 Å². The maximum Gasteiger partial charge on any atom is 0.410 e. The molecule has 1 aliphatic carbocycles. The number of ketones is 1. The van der Waals surface area contributed by atoms with E-state index in [1.165, 1.54) is 6.08 Å². The minimum absolute atomic E-state index is 0.0843. The number of nitrogens with one attached hydrogen (secondary N) is 1. The number of amides is 2. The highest BCUT2D eigenvalue weighted by Crippen LogP contribution is 2.52. The van der Waals surface area contributed by atoms with Crippen LogP contribution in [0.4, 0.5) is 4.79 Å². The maximum absolute atomic E-state index is 14.5. The van der Waals surface area contributed by atoms with Crippen LogP contribution in [0, 0.1) is 23.2 Å². The number of ether oxygens (including phenoxy) is 1. The van der Waals surface area contributed by atoms with E-state index in [0.717, 1.165) is 11.1 Å². The Morgan fingerprint density at radius 3 is 2.33 bits per heavy atom. The molecule has 3 aliphatic rings. The van der Waals surface area contributed by atoms with E-state index in [2.05, 4.69) is 16.4 Å². The van der Waals surface area contributed by atoms with Gasteiger partial charge in [0.05, 0.1) is 11.6 Å². The molecule has 1 aromatic heterocycles.